The Balaban J connectivity index is 0.00000961. The molecule has 5 aromatic rings. The fourth-order valence-corrected chi connectivity index (χ4v) is 8.83. The average molecular weight is 1090 g/mol. The highest BCUT2D eigenvalue weighted by atomic mass is 35.5. The van der Waals surface area contributed by atoms with Crippen molar-refractivity contribution in [2.75, 3.05) is 114 Å². The predicted molar refractivity (Wildman–Crippen MR) is 279 cm³/mol. The Hall–Kier alpha value is -7.21. The van der Waals surface area contributed by atoms with Gasteiger partial charge in [0.25, 0.3) is 0 Å². The number of nitrogens with two attached hydrogens (primary N) is 2. The van der Waals surface area contributed by atoms with Crippen molar-refractivity contribution in [3.8, 4) is 23.8 Å². The monoisotopic (exact) mass is 1090 g/mol. The minimum atomic E-state index is -1.05. The molecule has 0 radical (unpaired) electrons. The Bertz CT molecular complexity index is 2670. The Labute approximate surface area is 453 Å². The maximum absolute atomic E-state index is 14.4. The normalized spacial score (nSPS) is 15.7. The lowest BCUT2D eigenvalue weighted by Crippen LogP contribution is -3.00. The van der Waals surface area contributed by atoms with Crippen LogP contribution in [0.15, 0.2) is 60.9 Å². The van der Waals surface area contributed by atoms with E-state index in [0.29, 0.717) is 121 Å². The van der Waals surface area contributed by atoms with Gasteiger partial charge >= 0.3 is 5.97 Å². The summed E-state index contributed by atoms with van der Waals surface area (Å²) in [4.78, 5) is 62.5. The largest absolute Gasteiger partial charge is 1.00 e. The van der Waals surface area contributed by atoms with E-state index in [9.17, 15) is 29.7 Å². The van der Waals surface area contributed by atoms with Crippen LogP contribution in [0.1, 0.15) is 79.8 Å². The van der Waals surface area contributed by atoms with E-state index in [2.05, 4.69) is 31.9 Å². The van der Waals surface area contributed by atoms with Crippen LogP contribution >= 0.6 is 0 Å². The van der Waals surface area contributed by atoms with E-state index < -0.39 is 30.1 Å². The SMILES string of the molecule is C#CCOCCOCCOCCNc1nc(N2CCN(C(=O)C(CCC(=O)O)n3cc(C(N)Cc4ccc(O)cc4)nn3)CC2)nc(N2CCN(C(=O)C(C(C)CC)n3cc(C(N)Cc4ccc(O)cc4)nn3)CC2)n1.[Cl-]. The van der Waals surface area contributed by atoms with Gasteiger partial charge in [0, 0.05) is 65.3 Å². The smallest absolute Gasteiger partial charge is 0.303 e. The number of benzene rings is 2. The van der Waals surface area contributed by atoms with Crippen molar-refractivity contribution < 1.29 is 56.3 Å². The molecule has 0 spiro atoms. The Morgan fingerprint density at radius 1 is 0.701 bits per heavy atom. The minimum absolute atomic E-state index is 0. The summed E-state index contributed by atoms with van der Waals surface area (Å²) >= 11 is 0. The molecule has 2 aromatic carbocycles. The number of aromatic nitrogens is 9. The van der Waals surface area contributed by atoms with Crippen molar-refractivity contribution in [3.05, 3.63) is 83.4 Å². The highest BCUT2D eigenvalue weighted by Gasteiger charge is 2.35. The van der Waals surface area contributed by atoms with Crippen LogP contribution < -0.4 is 39.0 Å². The number of amides is 2. The maximum atomic E-state index is 14.4. The molecule has 416 valence electrons. The van der Waals surface area contributed by atoms with E-state index in [4.69, 9.17) is 47.1 Å². The van der Waals surface area contributed by atoms with Gasteiger partial charge in [-0.25, -0.2) is 9.36 Å². The molecule has 25 nitrogen and oxygen atoms in total. The van der Waals surface area contributed by atoms with E-state index in [-0.39, 0.29) is 74.2 Å². The van der Waals surface area contributed by atoms with Gasteiger partial charge in [0.2, 0.25) is 29.7 Å². The first-order valence-electron chi connectivity index (χ1n) is 25.7. The minimum Gasteiger partial charge on any atom is -1.00 e. The van der Waals surface area contributed by atoms with Crippen LogP contribution in [0, 0.1) is 18.3 Å². The third-order valence-electron chi connectivity index (χ3n) is 13.4. The third-order valence-corrected chi connectivity index (χ3v) is 13.4. The number of terminal acetylenes is 1. The molecule has 3 aromatic heterocycles. The van der Waals surface area contributed by atoms with Crippen molar-refractivity contribution in [2.24, 2.45) is 17.4 Å². The topological polar surface area (TPSA) is 317 Å². The molecule has 7 rings (SSSR count). The van der Waals surface area contributed by atoms with Crippen LogP contribution in [0.2, 0.25) is 0 Å². The first-order valence-corrected chi connectivity index (χ1v) is 25.7. The standard InChI is InChI=1S/C51H70N16O9.ClH/c1-4-25-74-27-29-76-30-28-75-26-16-54-49-55-50(64-21-17-62(18-22-64)47(72)44(14-15-45(70)71)66-33-42(58-60-66)40(52)31-36-6-10-38(68)11-7-36)57-51(56-49)65-23-19-63(20-24-65)48(73)46(35(3)5-2)67-34-43(59-61-67)41(53)32-37-8-12-39(69)13-9-37;/h1,6-13,33-35,40-41,44,46,68-69H,5,14-32,52-53H2,2-3H3,(H,70,71)(H,54,55,56,57);1H/p-1. The van der Waals surface area contributed by atoms with Gasteiger partial charge in [-0.2, -0.15) is 15.0 Å². The van der Waals surface area contributed by atoms with Gasteiger partial charge in [0.1, 0.15) is 30.2 Å². The summed E-state index contributed by atoms with van der Waals surface area (Å²) in [5.41, 5.74) is 15.8. The average Bonchev–Trinajstić information content (AvgIpc) is 4.14. The van der Waals surface area contributed by atoms with E-state index in [1.54, 1.807) is 58.4 Å². The number of piperazine rings is 2. The van der Waals surface area contributed by atoms with Gasteiger partial charge in [0.15, 0.2) is 0 Å². The van der Waals surface area contributed by atoms with Crippen molar-refractivity contribution in [3.63, 3.8) is 0 Å². The number of carboxylic acids is 1. The number of hydrogen-bond donors (Lipinski definition) is 6. The van der Waals surface area contributed by atoms with Crippen molar-refractivity contribution in [1.82, 2.24) is 54.7 Å². The van der Waals surface area contributed by atoms with Crippen LogP contribution in [-0.2, 0) is 41.4 Å². The fourth-order valence-electron chi connectivity index (χ4n) is 8.83. The number of nitrogens with one attached hydrogen (secondary N) is 1. The number of halogens is 1. The van der Waals surface area contributed by atoms with Gasteiger partial charge in [0.05, 0.1) is 68.9 Å². The van der Waals surface area contributed by atoms with Crippen LogP contribution in [0.5, 0.6) is 11.5 Å². The first-order chi connectivity index (χ1) is 36.8. The fraction of sp³-hybridized carbons (Fsp3) is 0.529. The number of ether oxygens (including phenoxy) is 3. The Kier molecular flexibility index (Phi) is 22.5. The van der Waals surface area contributed by atoms with Crippen molar-refractivity contribution >= 4 is 35.6 Å². The predicted octanol–water partition coefficient (Wildman–Crippen LogP) is -1.26. The quantitative estimate of drug-likeness (QED) is 0.0252. The molecule has 0 saturated carbocycles. The zero-order chi connectivity index (χ0) is 54.0. The molecule has 2 amide bonds. The molecule has 5 heterocycles. The van der Waals surface area contributed by atoms with E-state index in [1.807, 2.05) is 40.7 Å². The molecule has 0 aliphatic carbocycles. The molecule has 2 aliphatic rings. The van der Waals surface area contributed by atoms with Gasteiger partial charge in [-0.3, -0.25) is 14.4 Å². The molecular weight excluding hydrogens is 1020 g/mol. The molecule has 2 fully saturated rings. The molecule has 77 heavy (non-hydrogen) atoms. The highest BCUT2D eigenvalue weighted by Crippen LogP contribution is 2.28. The number of carbonyl (C=O) groups excluding carboxylic acids is 2. The highest BCUT2D eigenvalue weighted by molar-refractivity contribution is 5.82. The van der Waals surface area contributed by atoms with E-state index >= 15 is 0 Å². The summed E-state index contributed by atoms with van der Waals surface area (Å²) < 4.78 is 19.6. The zero-order valence-corrected chi connectivity index (χ0v) is 44.3. The number of nitrogens with zero attached hydrogens (tertiary/aromatic N) is 13. The number of aromatic hydroxyl groups is 2. The Morgan fingerprint density at radius 3 is 1.69 bits per heavy atom. The summed E-state index contributed by atoms with van der Waals surface area (Å²) in [7, 11) is 0. The van der Waals surface area contributed by atoms with Gasteiger partial charge in [-0.05, 0) is 60.6 Å². The Morgan fingerprint density at radius 2 is 1.18 bits per heavy atom. The molecule has 5 atom stereocenters. The molecule has 2 aliphatic heterocycles. The van der Waals surface area contributed by atoms with Crippen LogP contribution in [0.4, 0.5) is 17.8 Å². The van der Waals surface area contributed by atoms with Crippen molar-refractivity contribution in [2.45, 2.75) is 70.1 Å². The van der Waals surface area contributed by atoms with Gasteiger partial charge in [-0.15, -0.1) is 16.6 Å². The van der Waals surface area contributed by atoms with Crippen LogP contribution in [0.3, 0.4) is 0 Å². The summed E-state index contributed by atoms with van der Waals surface area (Å²) in [6.07, 6.45) is 9.90. The van der Waals surface area contributed by atoms with Gasteiger partial charge in [-0.1, -0.05) is 60.9 Å². The number of carbonyl (C=O) groups is 3. The lowest BCUT2D eigenvalue weighted by molar-refractivity contribution is -0.139. The lowest BCUT2D eigenvalue weighted by atomic mass is 9.97. The third kappa shape index (κ3) is 16.9. The summed E-state index contributed by atoms with van der Waals surface area (Å²) in [5, 5.41) is 49.5. The van der Waals surface area contributed by atoms with Crippen LogP contribution in [-0.4, -0.2) is 186 Å². The van der Waals surface area contributed by atoms with Gasteiger partial charge < -0.3 is 78.3 Å². The second kappa shape index (κ2) is 29.3. The van der Waals surface area contributed by atoms with Crippen molar-refractivity contribution in [1.29, 1.82) is 0 Å². The number of rotatable bonds is 28. The molecule has 2 saturated heterocycles. The second-order valence-electron chi connectivity index (χ2n) is 18.8. The maximum Gasteiger partial charge on any atom is 0.303 e. The van der Waals surface area contributed by atoms with Crippen LogP contribution in [0.25, 0.3) is 0 Å². The molecule has 5 unspecified atom stereocenters. The summed E-state index contributed by atoms with van der Waals surface area (Å²) in [5.74, 6) is 2.38. The second-order valence-corrected chi connectivity index (χ2v) is 18.8. The molecule has 0 bridgehead atoms. The molecule has 26 heteroatoms. The number of hydrogen-bond acceptors (Lipinski definition) is 20. The van der Waals surface area contributed by atoms with E-state index in [0.717, 1.165) is 17.5 Å². The molecular formula is C51H70ClN16O9-. The number of anilines is 3. The number of phenols is 2. The summed E-state index contributed by atoms with van der Waals surface area (Å²) in [6.45, 7) is 9.51. The van der Waals surface area contributed by atoms with E-state index in [1.165, 1.54) is 4.68 Å². The number of aliphatic carboxylic acids is 1. The number of phenolic OH excluding ortho intramolecular Hbond substituents is 2. The zero-order valence-electron chi connectivity index (χ0n) is 43.5. The number of carboxylic acid groups (broad SMARTS) is 1. The lowest BCUT2D eigenvalue weighted by Gasteiger charge is -2.38. The summed E-state index contributed by atoms with van der Waals surface area (Å²) in [6, 6.07) is 11.0. The first kappa shape index (κ1) is 59.0. The molecule has 8 N–H and O–H groups in total.